The molecule has 3 saturated carbocycles. The average Bonchev–Trinajstić information content (AvgIpc) is 3.29. The summed E-state index contributed by atoms with van der Waals surface area (Å²) < 4.78 is 43.1. The van der Waals surface area contributed by atoms with Crippen LogP contribution in [0.25, 0.3) is 0 Å². The Labute approximate surface area is 221 Å². The molecule has 6 aliphatic rings. The number of ether oxygens (including phenoxy) is 2. The van der Waals surface area contributed by atoms with E-state index in [0.717, 1.165) is 25.0 Å². The summed E-state index contributed by atoms with van der Waals surface area (Å²) in [5.41, 5.74) is 0.866. The summed E-state index contributed by atoms with van der Waals surface area (Å²) in [6, 6.07) is 4.86. The lowest BCUT2D eigenvalue weighted by molar-refractivity contribution is -0.220. The van der Waals surface area contributed by atoms with Gasteiger partial charge in [-0.05, 0) is 56.1 Å². The monoisotopic (exact) mass is 527 g/mol. The molecule has 4 heterocycles. The number of aromatic nitrogens is 1. The van der Waals surface area contributed by atoms with E-state index in [1.165, 1.54) is 12.8 Å². The Balaban J connectivity index is 1.16. The van der Waals surface area contributed by atoms with Gasteiger partial charge in [0.05, 0.1) is 36.0 Å². The Kier molecular flexibility index (Phi) is 6.26. The van der Waals surface area contributed by atoms with E-state index >= 15 is 4.39 Å². The number of hydrogen-bond acceptors (Lipinski definition) is 6. The number of pyridine rings is 1. The van der Waals surface area contributed by atoms with Gasteiger partial charge in [0.25, 0.3) is 5.91 Å². The zero-order chi connectivity index (χ0) is 26.0. The molecule has 1 amide bonds. The molecular weight excluding hydrogens is 492 g/mol. The molecule has 38 heavy (non-hydrogen) atoms. The Bertz CT molecular complexity index is 1120. The number of amides is 1. The number of carbonyl (C=O) groups excluding carboxylic acids is 2. The lowest BCUT2D eigenvalue weighted by Gasteiger charge is -2.59. The Morgan fingerprint density at radius 1 is 1.05 bits per heavy atom. The number of nitrogens with zero attached hydrogens (tertiary/aromatic N) is 2. The van der Waals surface area contributed by atoms with Crippen molar-refractivity contribution in [2.24, 2.45) is 17.8 Å². The minimum absolute atomic E-state index is 0.0271. The topological polar surface area (TPSA) is 80.8 Å². The molecule has 0 spiro atoms. The number of fused-ring (bicyclic) bond motifs is 5. The zero-order valence-electron chi connectivity index (χ0n) is 21.4. The van der Waals surface area contributed by atoms with Crippen LogP contribution in [0.4, 0.5) is 8.78 Å². The van der Waals surface area contributed by atoms with Crippen molar-refractivity contribution in [3.8, 4) is 0 Å². The lowest BCUT2D eigenvalue weighted by atomic mass is 9.67. The highest BCUT2D eigenvalue weighted by atomic mass is 19.2. The van der Waals surface area contributed by atoms with Crippen LogP contribution in [0.1, 0.15) is 50.6 Å². The second-order valence-corrected chi connectivity index (χ2v) is 12.0. The van der Waals surface area contributed by atoms with Crippen molar-refractivity contribution in [3.63, 3.8) is 0 Å². The number of halogens is 2. The first-order valence-electron chi connectivity index (χ1n) is 14.3. The van der Waals surface area contributed by atoms with Crippen molar-refractivity contribution >= 4 is 11.7 Å². The summed E-state index contributed by atoms with van der Waals surface area (Å²) >= 11 is 0. The second kappa shape index (κ2) is 9.66. The Hall–Kier alpha value is -2.39. The van der Waals surface area contributed by atoms with E-state index in [4.69, 9.17) is 9.47 Å². The highest BCUT2D eigenvalue weighted by Crippen LogP contribution is 2.52. The summed E-state index contributed by atoms with van der Waals surface area (Å²) in [5, 5.41) is 2.84. The molecule has 9 heteroatoms. The summed E-state index contributed by atoms with van der Waals surface area (Å²) in [6.07, 6.45) is 5.23. The number of hydrogen-bond donors (Lipinski definition) is 1. The maximum Gasteiger partial charge on any atom is 0.256 e. The first-order valence-corrected chi connectivity index (χ1v) is 14.3. The first kappa shape index (κ1) is 24.6. The van der Waals surface area contributed by atoms with Crippen LogP contribution >= 0.6 is 0 Å². The largest absolute Gasteiger partial charge is 0.374 e. The van der Waals surface area contributed by atoms with Gasteiger partial charge in [-0.15, -0.1) is 0 Å². The van der Waals surface area contributed by atoms with Crippen LogP contribution in [0.15, 0.2) is 36.2 Å². The van der Waals surface area contributed by atoms with E-state index in [2.05, 4.69) is 10.3 Å². The van der Waals surface area contributed by atoms with Gasteiger partial charge in [0.2, 0.25) is 0 Å². The average molecular weight is 528 g/mol. The van der Waals surface area contributed by atoms with Crippen LogP contribution in [0.2, 0.25) is 0 Å². The fourth-order valence-electron chi connectivity index (χ4n) is 8.28. The molecule has 0 aromatic carbocycles. The van der Waals surface area contributed by atoms with Crippen LogP contribution in [-0.2, 0) is 25.5 Å². The molecule has 5 fully saturated rings. The van der Waals surface area contributed by atoms with Gasteiger partial charge in [-0.1, -0.05) is 18.9 Å². The molecule has 0 bridgehead atoms. The van der Waals surface area contributed by atoms with Gasteiger partial charge in [0.15, 0.2) is 12.0 Å². The molecule has 1 aromatic rings. The first-order chi connectivity index (χ1) is 18.5. The van der Waals surface area contributed by atoms with Crippen molar-refractivity contribution in [1.82, 2.24) is 15.2 Å². The molecule has 7 nitrogen and oxygen atoms in total. The van der Waals surface area contributed by atoms with E-state index in [-0.39, 0.29) is 36.3 Å². The molecule has 7 rings (SSSR count). The van der Waals surface area contributed by atoms with Crippen molar-refractivity contribution in [2.45, 2.75) is 100 Å². The lowest BCUT2D eigenvalue weighted by Crippen LogP contribution is -2.71. The number of carbonyl (C=O) groups is 2. The van der Waals surface area contributed by atoms with E-state index in [1.54, 1.807) is 12.4 Å². The van der Waals surface area contributed by atoms with Crippen molar-refractivity contribution in [2.75, 3.05) is 6.54 Å². The molecule has 0 radical (unpaired) electrons. The minimum Gasteiger partial charge on any atom is -0.374 e. The standard InChI is InChI=1S/C29H35F2N3O4/c30-20-11-18-26-28(25(20)31)38-24-12-17-16-6-1-2-7-22(16)37-23(17)13-21(24)34(26)14-19(27(18)35)29(36)33-10-8-15-5-3-4-9-32-15/h3-5,9,14,16-18,20-26,28H,1-2,6-8,10-13H2,(H,33,36). The summed E-state index contributed by atoms with van der Waals surface area (Å²) in [6.45, 7) is 0.324. The highest BCUT2D eigenvalue weighted by Gasteiger charge is 2.61. The van der Waals surface area contributed by atoms with Crippen molar-refractivity contribution in [1.29, 1.82) is 0 Å². The van der Waals surface area contributed by atoms with Gasteiger partial charge in [-0.2, -0.15) is 0 Å². The summed E-state index contributed by atoms with van der Waals surface area (Å²) in [7, 11) is 0. The van der Waals surface area contributed by atoms with Crippen LogP contribution in [0.5, 0.6) is 0 Å². The quantitative estimate of drug-likeness (QED) is 0.607. The molecule has 11 atom stereocenters. The maximum atomic E-state index is 15.3. The fourth-order valence-corrected chi connectivity index (χ4v) is 8.28. The van der Waals surface area contributed by atoms with E-state index in [0.29, 0.717) is 31.2 Å². The molecule has 2 saturated heterocycles. The molecule has 204 valence electrons. The van der Waals surface area contributed by atoms with Gasteiger partial charge >= 0.3 is 0 Å². The zero-order valence-corrected chi connectivity index (χ0v) is 21.4. The third-order valence-corrected chi connectivity index (χ3v) is 10.0. The fraction of sp³-hybridized carbons (Fsp3) is 0.690. The number of morpholine rings is 1. The Morgan fingerprint density at radius 2 is 1.92 bits per heavy atom. The van der Waals surface area contributed by atoms with E-state index in [1.807, 2.05) is 23.1 Å². The molecule has 11 unspecified atom stereocenters. The third kappa shape index (κ3) is 3.99. The maximum absolute atomic E-state index is 15.3. The number of ketones is 1. The molecule has 3 aliphatic carbocycles. The van der Waals surface area contributed by atoms with Crippen LogP contribution in [0.3, 0.4) is 0 Å². The molecule has 1 aromatic heterocycles. The predicted octanol–water partition coefficient (Wildman–Crippen LogP) is 3.08. The van der Waals surface area contributed by atoms with Gasteiger partial charge in [-0.3, -0.25) is 14.6 Å². The number of nitrogens with one attached hydrogen (secondary N) is 1. The SMILES string of the molecule is O=C(NCCc1ccccn1)C1=CN2C3CC4OC5CCCCC5C4CC3OC3C(F)C(F)CC(C1=O)C32. The van der Waals surface area contributed by atoms with E-state index in [9.17, 15) is 14.0 Å². The summed E-state index contributed by atoms with van der Waals surface area (Å²) in [5.74, 6) is -0.835. The van der Waals surface area contributed by atoms with Gasteiger partial charge < -0.3 is 19.7 Å². The van der Waals surface area contributed by atoms with Crippen LogP contribution < -0.4 is 5.32 Å². The number of rotatable bonds is 4. The van der Waals surface area contributed by atoms with Gasteiger partial charge in [0.1, 0.15) is 12.3 Å². The minimum atomic E-state index is -1.79. The predicted molar refractivity (Wildman–Crippen MR) is 133 cm³/mol. The summed E-state index contributed by atoms with van der Waals surface area (Å²) in [4.78, 5) is 33.0. The van der Waals surface area contributed by atoms with Gasteiger partial charge in [-0.25, -0.2) is 8.78 Å². The molecule has 1 N–H and O–H groups in total. The normalized spacial score (nSPS) is 43.3. The molecular formula is C29H35F2N3O4. The van der Waals surface area contributed by atoms with Gasteiger partial charge in [0, 0.05) is 37.0 Å². The molecule has 3 aliphatic heterocycles. The number of alkyl halides is 2. The van der Waals surface area contributed by atoms with Crippen LogP contribution in [-0.4, -0.2) is 77.0 Å². The van der Waals surface area contributed by atoms with Crippen molar-refractivity contribution in [3.05, 3.63) is 41.9 Å². The van der Waals surface area contributed by atoms with Crippen molar-refractivity contribution < 1.29 is 27.8 Å². The smallest absolute Gasteiger partial charge is 0.256 e. The Morgan fingerprint density at radius 3 is 2.76 bits per heavy atom. The highest BCUT2D eigenvalue weighted by molar-refractivity contribution is 6.20. The van der Waals surface area contributed by atoms with E-state index < -0.39 is 42.1 Å². The van der Waals surface area contributed by atoms with Crippen LogP contribution in [0, 0.1) is 17.8 Å². The third-order valence-electron chi connectivity index (χ3n) is 10.0. The second-order valence-electron chi connectivity index (χ2n) is 12.0. The number of Topliss-reactive ketones (excluding diaryl/α,β-unsaturated/α-hetero) is 1.